The molecule has 18 heavy (non-hydrogen) atoms. The van der Waals surface area contributed by atoms with Gasteiger partial charge in [-0.05, 0) is 18.8 Å². The normalized spacial score (nSPS) is 14.9. The molecule has 1 aliphatic carbocycles. The Morgan fingerprint density at radius 2 is 2.17 bits per heavy atom. The highest BCUT2D eigenvalue weighted by Crippen LogP contribution is 2.28. The highest BCUT2D eigenvalue weighted by atomic mass is 16.5. The molecule has 4 heteroatoms. The van der Waals surface area contributed by atoms with E-state index in [1.54, 1.807) is 6.20 Å². The summed E-state index contributed by atoms with van der Waals surface area (Å²) in [6.45, 7) is 2.40. The molecular weight excluding hydrogens is 226 g/mol. The van der Waals surface area contributed by atoms with Gasteiger partial charge in [-0.25, -0.2) is 0 Å². The molecule has 1 aliphatic rings. The van der Waals surface area contributed by atoms with Gasteiger partial charge in [-0.1, -0.05) is 24.3 Å². The molecule has 2 aromatic rings. The first-order valence-electron chi connectivity index (χ1n) is 6.45. The highest BCUT2D eigenvalue weighted by Gasteiger charge is 2.20. The second-order valence-corrected chi connectivity index (χ2v) is 4.73. The molecule has 94 valence electrons. The van der Waals surface area contributed by atoms with E-state index in [2.05, 4.69) is 21.6 Å². The molecule has 0 aliphatic heterocycles. The molecular formula is C14H17N3O. The van der Waals surface area contributed by atoms with E-state index >= 15 is 0 Å². The van der Waals surface area contributed by atoms with Crippen LogP contribution >= 0.6 is 0 Å². The molecule has 0 atom stereocenters. The third-order valence-electron chi connectivity index (χ3n) is 3.16. The molecule has 3 rings (SSSR count). The third-order valence-corrected chi connectivity index (χ3v) is 3.16. The Kier molecular flexibility index (Phi) is 3.37. The Morgan fingerprint density at radius 1 is 1.28 bits per heavy atom. The molecule has 0 amide bonds. The van der Waals surface area contributed by atoms with Gasteiger partial charge in [0.15, 0.2) is 5.82 Å². The number of hydrogen-bond acceptors (Lipinski definition) is 4. The topological polar surface area (TPSA) is 47.0 Å². The van der Waals surface area contributed by atoms with Crippen LogP contribution in [0.2, 0.25) is 0 Å². The number of rotatable bonds is 6. The zero-order chi connectivity index (χ0) is 12.2. The van der Waals surface area contributed by atoms with Crippen molar-refractivity contribution in [2.75, 3.05) is 25.1 Å². The standard InChI is InChI=1S/C14H17N3O/c1-2-4-13-12(3-1)9-16-17-14(13)15-7-8-18-10-11-5-6-11/h1-4,9,11H,5-8,10H2,(H,15,17). The number of hydrogen-bond donors (Lipinski definition) is 1. The minimum atomic E-state index is 0.724. The van der Waals surface area contributed by atoms with Gasteiger partial charge in [0.2, 0.25) is 0 Å². The monoisotopic (exact) mass is 243 g/mol. The molecule has 0 saturated heterocycles. The van der Waals surface area contributed by atoms with Crippen LogP contribution in [0.15, 0.2) is 30.5 Å². The van der Waals surface area contributed by atoms with E-state index in [0.29, 0.717) is 0 Å². The minimum absolute atomic E-state index is 0.724. The van der Waals surface area contributed by atoms with E-state index in [1.807, 2.05) is 18.2 Å². The van der Waals surface area contributed by atoms with Gasteiger partial charge in [0, 0.05) is 23.9 Å². The molecule has 0 bridgehead atoms. The summed E-state index contributed by atoms with van der Waals surface area (Å²) in [5, 5.41) is 13.6. The van der Waals surface area contributed by atoms with Crippen molar-refractivity contribution in [1.29, 1.82) is 0 Å². The average Bonchev–Trinajstić information content (AvgIpc) is 3.23. The number of ether oxygens (including phenoxy) is 1. The van der Waals surface area contributed by atoms with E-state index in [-0.39, 0.29) is 0 Å². The molecule has 0 spiro atoms. The Morgan fingerprint density at radius 3 is 3.06 bits per heavy atom. The summed E-state index contributed by atoms with van der Waals surface area (Å²) in [5.41, 5.74) is 0. The Bertz CT molecular complexity index is 520. The lowest BCUT2D eigenvalue weighted by Crippen LogP contribution is -2.12. The van der Waals surface area contributed by atoms with Gasteiger partial charge in [-0.2, -0.15) is 5.10 Å². The van der Waals surface area contributed by atoms with E-state index < -0.39 is 0 Å². The molecule has 1 N–H and O–H groups in total. The largest absolute Gasteiger partial charge is 0.379 e. The first-order valence-corrected chi connectivity index (χ1v) is 6.45. The van der Waals surface area contributed by atoms with Crippen LogP contribution in [0.3, 0.4) is 0 Å². The van der Waals surface area contributed by atoms with Gasteiger partial charge in [-0.3, -0.25) is 0 Å². The fraction of sp³-hybridized carbons (Fsp3) is 0.429. The second-order valence-electron chi connectivity index (χ2n) is 4.73. The average molecular weight is 243 g/mol. The van der Waals surface area contributed by atoms with Gasteiger partial charge >= 0.3 is 0 Å². The fourth-order valence-corrected chi connectivity index (χ4v) is 1.93. The van der Waals surface area contributed by atoms with E-state index in [0.717, 1.165) is 42.3 Å². The van der Waals surface area contributed by atoms with Crippen molar-refractivity contribution in [2.45, 2.75) is 12.8 Å². The lowest BCUT2D eigenvalue weighted by molar-refractivity contribution is 0.134. The summed E-state index contributed by atoms with van der Waals surface area (Å²) >= 11 is 0. The number of anilines is 1. The van der Waals surface area contributed by atoms with Crippen molar-refractivity contribution < 1.29 is 4.74 Å². The van der Waals surface area contributed by atoms with Crippen LogP contribution in [-0.2, 0) is 4.74 Å². The molecule has 0 unspecified atom stereocenters. The first-order chi connectivity index (χ1) is 8.93. The number of nitrogens with zero attached hydrogens (tertiary/aromatic N) is 2. The van der Waals surface area contributed by atoms with Gasteiger partial charge in [0.25, 0.3) is 0 Å². The molecule has 0 radical (unpaired) electrons. The summed E-state index contributed by atoms with van der Waals surface area (Å²) in [6, 6.07) is 8.11. The van der Waals surface area contributed by atoms with Crippen LogP contribution in [0.5, 0.6) is 0 Å². The maximum atomic E-state index is 5.58. The SMILES string of the molecule is c1ccc2c(NCCOCC3CC3)nncc2c1. The van der Waals surface area contributed by atoms with E-state index in [1.165, 1.54) is 12.8 Å². The van der Waals surface area contributed by atoms with Crippen molar-refractivity contribution in [3.63, 3.8) is 0 Å². The summed E-state index contributed by atoms with van der Waals surface area (Å²) in [5.74, 6) is 1.66. The van der Waals surface area contributed by atoms with Crippen molar-refractivity contribution in [3.8, 4) is 0 Å². The summed E-state index contributed by atoms with van der Waals surface area (Å²) in [7, 11) is 0. The number of fused-ring (bicyclic) bond motifs is 1. The first kappa shape index (κ1) is 11.4. The number of benzene rings is 1. The van der Waals surface area contributed by atoms with Crippen LogP contribution in [0.1, 0.15) is 12.8 Å². The Hall–Kier alpha value is -1.68. The lowest BCUT2D eigenvalue weighted by atomic mass is 10.2. The van der Waals surface area contributed by atoms with Crippen molar-refractivity contribution in [3.05, 3.63) is 30.5 Å². The fourth-order valence-electron chi connectivity index (χ4n) is 1.93. The molecule has 1 aromatic carbocycles. The van der Waals surface area contributed by atoms with Crippen LogP contribution in [0.25, 0.3) is 10.8 Å². The van der Waals surface area contributed by atoms with Crippen LogP contribution < -0.4 is 5.32 Å². The predicted molar refractivity (Wildman–Crippen MR) is 71.6 cm³/mol. The van der Waals surface area contributed by atoms with Gasteiger partial charge in [0.1, 0.15) is 0 Å². The summed E-state index contributed by atoms with van der Waals surface area (Å²) in [6.07, 6.45) is 4.45. The lowest BCUT2D eigenvalue weighted by Gasteiger charge is -2.08. The maximum Gasteiger partial charge on any atom is 0.156 e. The van der Waals surface area contributed by atoms with Crippen LogP contribution in [0.4, 0.5) is 5.82 Å². The molecule has 1 fully saturated rings. The zero-order valence-corrected chi connectivity index (χ0v) is 10.3. The van der Waals surface area contributed by atoms with Crippen LogP contribution in [-0.4, -0.2) is 30.0 Å². The Balaban J connectivity index is 1.56. The summed E-state index contributed by atoms with van der Waals surface area (Å²) < 4.78 is 5.58. The minimum Gasteiger partial charge on any atom is -0.379 e. The molecule has 1 heterocycles. The predicted octanol–water partition coefficient (Wildman–Crippen LogP) is 2.47. The molecule has 1 saturated carbocycles. The highest BCUT2D eigenvalue weighted by molar-refractivity contribution is 5.90. The van der Waals surface area contributed by atoms with Crippen molar-refractivity contribution in [1.82, 2.24) is 10.2 Å². The number of nitrogens with one attached hydrogen (secondary N) is 1. The zero-order valence-electron chi connectivity index (χ0n) is 10.3. The molecule has 1 aromatic heterocycles. The van der Waals surface area contributed by atoms with Crippen molar-refractivity contribution in [2.24, 2.45) is 5.92 Å². The summed E-state index contributed by atoms with van der Waals surface area (Å²) in [4.78, 5) is 0. The van der Waals surface area contributed by atoms with Crippen molar-refractivity contribution >= 4 is 16.6 Å². The van der Waals surface area contributed by atoms with E-state index in [4.69, 9.17) is 4.74 Å². The second kappa shape index (κ2) is 5.31. The molecule has 4 nitrogen and oxygen atoms in total. The number of aromatic nitrogens is 2. The van der Waals surface area contributed by atoms with Gasteiger partial charge < -0.3 is 10.1 Å². The quantitative estimate of drug-likeness (QED) is 0.792. The maximum absolute atomic E-state index is 5.58. The van der Waals surface area contributed by atoms with Crippen LogP contribution in [0, 0.1) is 5.92 Å². The van der Waals surface area contributed by atoms with Gasteiger partial charge in [0.05, 0.1) is 12.8 Å². The van der Waals surface area contributed by atoms with E-state index in [9.17, 15) is 0 Å². The smallest absolute Gasteiger partial charge is 0.156 e. The Labute approximate surface area is 106 Å². The third kappa shape index (κ3) is 2.76. The van der Waals surface area contributed by atoms with Gasteiger partial charge in [-0.15, -0.1) is 5.10 Å².